The first-order valence-corrected chi connectivity index (χ1v) is 11.0. The molecule has 8 nitrogen and oxygen atoms in total. The third kappa shape index (κ3) is 4.69. The number of amides is 2. The van der Waals surface area contributed by atoms with Crippen molar-refractivity contribution in [3.63, 3.8) is 0 Å². The maximum atomic E-state index is 13.0. The van der Waals surface area contributed by atoms with Gasteiger partial charge in [0.05, 0.1) is 30.1 Å². The summed E-state index contributed by atoms with van der Waals surface area (Å²) in [6, 6.07) is 17.0. The molecule has 1 aliphatic rings. The van der Waals surface area contributed by atoms with Crippen molar-refractivity contribution in [2.24, 2.45) is 7.05 Å². The van der Waals surface area contributed by atoms with Gasteiger partial charge in [0.1, 0.15) is 0 Å². The molecular weight excluding hydrogens is 406 g/mol. The molecule has 0 saturated carbocycles. The topological polar surface area (TPSA) is 79.7 Å². The zero-order valence-corrected chi connectivity index (χ0v) is 18.5. The molecule has 4 rings (SSSR count). The summed E-state index contributed by atoms with van der Waals surface area (Å²) in [5.41, 5.74) is 2.94. The molecule has 0 aliphatic carbocycles. The van der Waals surface area contributed by atoms with Crippen molar-refractivity contribution in [1.82, 2.24) is 19.8 Å². The predicted molar refractivity (Wildman–Crippen MR) is 123 cm³/mol. The standard InChI is InChI=1S/C24H29N5O3/c1-3-32-22(30)17-20(18-9-5-4-6-10-18)26-24(31)29-15-13-28(14-16-29)23-25-19-11-7-8-12-21(19)27(23)2/h4-12,20H,3,13-17H2,1-2H3,(H,26,31)/t20-/m0/s1. The molecule has 1 aliphatic heterocycles. The number of carbonyl (C=O) groups excluding carboxylic acids is 2. The number of carbonyl (C=O) groups is 2. The summed E-state index contributed by atoms with van der Waals surface area (Å²) in [7, 11) is 2.02. The number of anilines is 1. The van der Waals surface area contributed by atoms with Crippen molar-refractivity contribution in [3.05, 3.63) is 60.2 Å². The summed E-state index contributed by atoms with van der Waals surface area (Å²) >= 11 is 0. The molecule has 1 atom stereocenters. The van der Waals surface area contributed by atoms with E-state index in [0.717, 1.165) is 22.5 Å². The van der Waals surface area contributed by atoms with E-state index in [1.54, 1.807) is 11.8 Å². The summed E-state index contributed by atoms with van der Waals surface area (Å²) < 4.78 is 7.19. The van der Waals surface area contributed by atoms with Crippen molar-refractivity contribution in [2.45, 2.75) is 19.4 Å². The number of piperazine rings is 1. The molecule has 1 fully saturated rings. The Kier molecular flexibility index (Phi) is 6.58. The molecule has 2 heterocycles. The highest BCUT2D eigenvalue weighted by Gasteiger charge is 2.27. The molecule has 0 spiro atoms. The second kappa shape index (κ2) is 9.72. The van der Waals surface area contributed by atoms with Crippen molar-refractivity contribution < 1.29 is 14.3 Å². The number of nitrogens with one attached hydrogen (secondary N) is 1. The van der Waals surface area contributed by atoms with Gasteiger partial charge in [-0.05, 0) is 24.6 Å². The molecule has 168 valence electrons. The Hall–Kier alpha value is -3.55. The maximum Gasteiger partial charge on any atom is 0.318 e. The number of fused-ring (bicyclic) bond motifs is 1. The van der Waals surface area contributed by atoms with Crippen LogP contribution in [0.4, 0.5) is 10.7 Å². The van der Waals surface area contributed by atoms with Gasteiger partial charge >= 0.3 is 12.0 Å². The van der Waals surface area contributed by atoms with Crippen LogP contribution in [0.1, 0.15) is 24.9 Å². The molecule has 0 radical (unpaired) electrons. The zero-order valence-electron chi connectivity index (χ0n) is 18.5. The van der Waals surface area contributed by atoms with Crippen LogP contribution in [-0.2, 0) is 16.6 Å². The van der Waals surface area contributed by atoms with Gasteiger partial charge in [-0.2, -0.15) is 0 Å². The van der Waals surface area contributed by atoms with Crippen LogP contribution in [0, 0.1) is 0 Å². The molecule has 8 heteroatoms. The Morgan fingerprint density at radius 2 is 1.72 bits per heavy atom. The third-order valence-corrected chi connectivity index (χ3v) is 5.79. The molecule has 1 aromatic heterocycles. The highest BCUT2D eigenvalue weighted by atomic mass is 16.5. The van der Waals surface area contributed by atoms with Gasteiger partial charge in [-0.15, -0.1) is 0 Å². The van der Waals surface area contributed by atoms with Gasteiger partial charge in [0.25, 0.3) is 0 Å². The van der Waals surface area contributed by atoms with E-state index in [4.69, 9.17) is 9.72 Å². The first kappa shape index (κ1) is 21.7. The number of nitrogens with zero attached hydrogens (tertiary/aromatic N) is 4. The number of aromatic nitrogens is 2. The van der Waals surface area contributed by atoms with Gasteiger partial charge in [-0.3, -0.25) is 4.79 Å². The molecule has 2 aromatic carbocycles. The van der Waals surface area contributed by atoms with Gasteiger partial charge < -0.3 is 24.4 Å². The number of imidazole rings is 1. The van der Waals surface area contributed by atoms with Crippen LogP contribution in [0.2, 0.25) is 0 Å². The van der Waals surface area contributed by atoms with Crippen molar-refractivity contribution >= 4 is 29.0 Å². The fraction of sp³-hybridized carbons (Fsp3) is 0.375. The van der Waals surface area contributed by atoms with E-state index in [1.165, 1.54) is 0 Å². The van der Waals surface area contributed by atoms with Crippen molar-refractivity contribution in [1.29, 1.82) is 0 Å². The SMILES string of the molecule is CCOC(=O)C[C@H](NC(=O)N1CCN(c2nc3ccccc3n2C)CC1)c1ccccc1. The lowest BCUT2D eigenvalue weighted by molar-refractivity contribution is -0.143. The minimum absolute atomic E-state index is 0.101. The highest BCUT2D eigenvalue weighted by molar-refractivity contribution is 5.79. The number of hydrogen-bond donors (Lipinski definition) is 1. The van der Waals surface area contributed by atoms with Crippen LogP contribution in [0.15, 0.2) is 54.6 Å². The normalized spacial score (nSPS) is 14.9. The van der Waals surface area contributed by atoms with Crippen LogP contribution in [0.3, 0.4) is 0 Å². The van der Waals surface area contributed by atoms with Crippen molar-refractivity contribution in [2.75, 3.05) is 37.7 Å². The quantitative estimate of drug-likeness (QED) is 0.602. The minimum Gasteiger partial charge on any atom is -0.466 e. The molecule has 3 aromatic rings. The van der Waals surface area contributed by atoms with Crippen LogP contribution in [0.25, 0.3) is 11.0 Å². The number of para-hydroxylation sites is 2. The fourth-order valence-corrected chi connectivity index (χ4v) is 4.09. The number of benzene rings is 2. The summed E-state index contributed by atoms with van der Waals surface area (Å²) in [5.74, 6) is 0.587. The van der Waals surface area contributed by atoms with Crippen LogP contribution in [0.5, 0.6) is 0 Å². The largest absolute Gasteiger partial charge is 0.466 e. The third-order valence-electron chi connectivity index (χ3n) is 5.79. The average molecular weight is 436 g/mol. The van der Waals surface area contributed by atoms with E-state index in [0.29, 0.717) is 32.8 Å². The first-order chi connectivity index (χ1) is 15.6. The van der Waals surface area contributed by atoms with Gasteiger partial charge in [-0.25, -0.2) is 9.78 Å². The van der Waals surface area contributed by atoms with E-state index in [1.807, 2.05) is 55.6 Å². The second-order valence-corrected chi connectivity index (χ2v) is 7.86. The fourth-order valence-electron chi connectivity index (χ4n) is 4.09. The van der Waals surface area contributed by atoms with Gasteiger partial charge in [-0.1, -0.05) is 42.5 Å². The summed E-state index contributed by atoms with van der Waals surface area (Å²) in [4.78, 5) is 33.8. The maximum absolute atomic E-state index is 13.0. The predicted octanol–water partition coefficient (Wildman–Crippen LogP) is 3.10. The Balaban J connectivity index is 1.40. The zero-order chi connectivity index (χ0) is 22.5. The average Bonchev–Trinajstić information content (AvgIpc) is 3.16. The molecule has 1 saturated heterocycles. The molecule has 0 unspecified atom stereocenters. The Morgan fingerprint density at radius 3 is 2.41 bits per heavy atom. The molecule has 2 amide bonds. The van der Waals surface area contributed by atoms with Crippen molar-refractivity contribution in [3.8, 4) is 0 Å². The van der Waals surface area contributed by atoms with Gasteiger partial charge in [0.2, 0.25) is 5.95 Å². The van der Waals surface area contributed by atoms with E-state index in [9.17, 15) is 9.59 Å². The second-order valence-electron chi connectivity index (χ2n) is 7.86. The van der Waals surface area contributed by atoms with Gasteiger partial charge in [0.15, 0.2) is 0 Å². The highest BCUT2D eigenvalue weighted by Crippen LogP contribution is 2.23. The molecular formula is C24H29N5O3. The number of hydrogen-bond acceptors (Lipinski definition) is 5. The lowest BCUT2D eigenvalue weighted by atomic mass is 10.0. The Morgan fingerprint density at radius 1 is 1.03 bits per heavy atom. The lowest BCUT2D eigenvalue weighted by Crippen LogP contribution is -2.53. The first-order valence-electron chi connectivity index (χ1n) is 11.0. The smallest absolute Gasteiger partial charge is 0.318 e. The Labute approximate surface area is 187 Å². The van der Waals surface area contributed by atoms with Crippen LogP contribution < -0.4 is 10.2 Å². The number of urea groups is 1. The summed E-state index contributed by atoms with van der Waals surface area (Å²) in [5, 5.41) is 3.03. The van der Waals surface area contributed by atoms with Crippen LogP contribution >= 0.6 is 0 Å². The lowest BCUT2D eigenvalue weighted by Gasteiger charge is -2.36. The molecule has 1 N–H and O–H groups in total. The number of esters is 1. The summed E-state index contributed by atoms with van der Waals surface area (Å²) in [6.07, 6.45) is 0.101. The van der Waals surface area contributed by atoms with E-state index in [2.05, 4.69) is 20.9 Å². The van der Waals surface area contributed by atoms with Gasteiger partial charge in [0, 0.05) is 33.2 Å². The van der Waals surface area contributed by atoms with E-state index < -0.39 is 6.04 Å². The van der Waals surface area contributed by atoms with Crippen LogP contribution in [-0.4, -0.2) is 59.2 Å². The molecule has 32 heavy (non-hydrogen) atoms. The summed E-state index contributed by atoms with van der Waals surface area (Å²) in [6.45, 7) is 4.64. The Bertz CT molecular complexity index is 1070. The monoisotopic (exact) mass is 435 g/mol. The van der Waals surface area contributed by atoms with E-state index in [-0.39, 0.29) is 18.4 Å². The molecule has 0 bridgehead atoms. The number of aryl methyl sites for hydroxylation is 1. The number of ether oxygens (including phenoxy) is 1. The number of rotatable bonds is 6. The van der Waals surface area contributed by atoms with E-state index >= 15 is 0 Å². The minimum atomic E-state index is -0.430.